The summed E-state index contributed by atoms with van der Waals surface area (Å²) >= 11 is 0. The second-order valence-corrected chi connectivity index (χ2v) is 5.46. The van der Waals surface area contributed by atoms with Crippen LogP contribution in [0.5, 0.6) is 5.88 Å². The molecule has 23 heavy (non-hydrogen) atoms. The van der Waals surface area contributed by atoms with Gasteiger partial charge in [0.05, 0.1) is 12.8 Å². The van der Waals surface area contributed by atoms with Gasteiger partial charge in [-0.1, -0.05) is 0 Å². The van der Waals surface area contributed by atoms with Gasteiger partial charge in [0.1, 0.15) is 17.7 Å². The standard InChI is InChI=1S/C17H19N3O3/c1-13-18-9-8-16(19-13)23-15-4-2-10-20(12-15)17(21)7-6-14-5-3-11-22-14/h3,5-9,11,15H,2,4,10,12H2,1H3/b7-6+. The molecule has 1 fully saturated rings. The molecule has 0 saturated carbocycles. The molecule has 1 saturated heterocycles. The maximum atomic E-state index is 12.3. The van der Waals surface area contributed by atoms with Crippen molar-refractivity contribution in [3.8, 4) is 5.88 Å². The lowest BCUT2D eigenvalue weighted by Gasteiger charge is -2.32. The number of amides is 1. The largest absolute Gasteiger partial charge is 0.472 e. The Morgan fingerprint density at radius 1 is 1.48 bits per heavy atom. The normalized spacial score (nSPS) is 18.3. The number of ether oxygens (including phenoxy) is 1. The number of hydrogen-bond acceptors (Lipinski definition) is 5. The van der Waals surface area contributed by atoms with Crippen molar-refractivity contribution in [1.82, 2.24) is 14.9 Å². The number of hydrogen-bond donors (Lipinski definition) is 0. The number of nitrogens with zero attached hydrogens (tertiary/aromatic N) is 3. The molecule has 1 aliphatic heterocycles. The van der Waals surface area contributed by atoms with Crippen LogP contribution in [-0.2, 0) is 4.79 Å². The van der Waals surface area contributed by atoms with E-state index in [0.717, 1.165) is 19.4 Å². The van der Waals surface area contributed by atoms with Crippen LogP contribution in [0.1, 0.15) is 24.4 Å². The van der Waals surface area contributed by atoms with Gasteiger partial charge in [-0.05, 0) is 38.0 Å². The molecular weight excluding hydrogens is 294 g/mol. The van der Waals surface area contributed by atoms with E-state index in [1.165, 1.54) is 6.08 Å². The van der Waals surface area contributed by atoms with Crippen molar-refractivity contribution in [3.05, 3.63) is 48.3 Å². The number of piperidine rings is 1. The Balaban J connectivity index is 1.58. The quantitative estimate of drug-likeness (QED) is 0.811. The van der Waals surface area contributed by atoms with E-state index in [4.69, 9.17) is 9.15 Å². The van der Waals surface area contributed by atoms with Gasteiger partial charge in [-0.2, -0.15) is 4.98 Å². The van der Waals surface area contributed by atoms with Crippen LogP contribution in [0, 0.1) is 6.92 Å². The molecule has 0 aliphatic carbocycles. The topological polar surface area (TPSA) is 68.5 Å². The van der Waals surface area contributed by atoms with Crippen molar-refractivity contribution in [2.45, 2.75) is 25.9 Å². The zero-order chi connectivity index (χ0) is 16.1. The van der Waals surface area contributed by atoms with Gasteiger partial charge in [0.2, 0.25) is 11.8 Å². The maximum absolute atomic E-state index is 12.3. The molecule has 6 nitrogen and oxygen atoms in total. The molecule has 3 heterocycles. The Labute approximate surface area is 134 Å². The minimum atomic E-state index is -0.0426. The highest BCUT2D eigenvalue weighted by atomic mass is 16.5. The summed E-state index contributed by atoms with van der Waals surface area (Å²) in [6.07, 6.45) is 8.26. The predicted octanol–water partition coefficient (Wildman–Crippen LogP) is 2.46. The summed E-state index contributed by atoms with van der Waals surface area (Å²) in [6, 6.07) is 5.34. The Bertz CT molecular complexity index is 682. The van der Waals surface area contributed by atoms with Crippen LogP contribution in [-0.4, -0.2) is 40.0 Å². The Morgan fingerprint density at radius 2 is 2.39 bits per heavy atom. The van der Waals surface area contributed by atoms with E-state index in [1.807, 2.05) is 13.0 Å². The Kier molecular flexibility index (Phi) is 4.71. The van der Waals surface area contributed by atoms with Crippen LogP contribution >= 0.6 is 0 Å². The number of rotatable bonds is 4. The first kappa shape index (κ1) is 15.3. The number of carbonyl (C=O) groups is 1. The molecule has 1 unspecified atom stereocenters. The van der Waals surface area contributed by atoms with Crippen molar-refractivity contribution >= 4 is 12.0 Å². The zero-order valence-corrected chi connectivity index (χ0v) is 13.0. The number of likely N-dealkylation sites (tertiary alicyclic amines) is 1. The molecule has 0 bridgehead atoms. The van der Waals surface area contributed by atoms with E-state index in [9.17, 15) is 4.79 Å². The molecule has 1 aliphatic rings. The highest BCUT2D eigenvalue weighted by molar-refractivity contribution is 5.91. The predicted molar refractivity (Wildman–Crippen MR) is 84.7 cm³/mol. The summed E-state index contributed by atoms with van der Waals surface area (Å²) in [4.78, 5) is 22.4. The van der Waals surface area contributed by atoms with Gasteiger partial charge in [0.25, 0.3) is 0 Å². The summed E-state index contributed by atoms with van der Waals surface area (Å²) in [6.45, 7) is 3.12. The van der Waals surface area contributed by atoms with Crippen LogP contribution in [0.2, 0.25) is 0 Å². The molecule has 6 heteroatoms. The van der Waals surface area contributed by atoms with E-state index < -0.39 is 0 Å². The van der Waals surface area contributed by atoms with Gasteiger partial charge in [-0.3, -0.25) is 4.79 Å². The molecular formula is C17H19N3O3. The highest BCUT2D eigenvalue weighted by Crippen LogP contribution is 2.17. The number of aryl methyl sites for hydroxylation is 1. The fourth-order valence-corrected chi connectivity index (χ4v) is 2.55. The molecule has 2 aromatic heterocycles. The lowest BCUT2D eigenvalue weighted by molar-refractivity contribution is -0.128. The van der Waals surface area contributed by atoms with Gasteiger partial charge in [0.15, 0.2) is 0 Å². The molecule has 1 amide bonds. The van der Waals surface area contributed by atoms with E-state index in [0.29, 0.717) is 24.0 Å². The second-order valence-electron chi connectivity index (χ2n) is 5.46. The van der Waals surface area contributed by atoms with Gasteiger partial charge in [0, 0.05) is 24.9 Å². The number of furan rings is 1. The lowest BCUT2D eigenvalue weighted by atomic mass is 10.1. The van der Waals surface area contributed by atoms with Crippen molar-refractivity contribution in [3.63, 3.8) is 0 Å². The average Bonchev–Trinajstić information content (AvgIpc) is 3.06. The second kappa shape index (κ2) is 7.09. The average molecular weight is 313 g/mol. The molecule has 1 atom stereocenters. The Morgan fingerprint density at radius 3 is 3.17 bits per heavy atom. The molecule has 3 rings (SSSR count). The van der Waals surface area contributed by atoms with Gasteiger partial charge < -0.3 is 14.1 Å². The first-order valence-electron chi connectivity index (χ1n) is 7.67. The lowest BCUT2D eigenvalue weighted by Crippen LogP contribution is -2.43. The van der Waals surface area contributed by atoms with Crippen LogP contribution in [0.3, 0.4) is 0 Å². The third kappa shape index (κ3) is 4.18. The van der Waals surface area contributed by atoms with Crippen molar-refractivity contribution in [2.75, 3.05) is 13.1 Å². The van der Waals surface area contributed by atoms with Crippen LogP contribution in [0.4, 0.5) is 0 Å². The fraction of sp³-hybridized carbons (Fsp3) is 0.353. The van der Waals surface area contributed by atoms with Crippen LogP contribution < -0.4 is 4.74 Å². The highest BCUT2D eigenvalue weighted by Gasteiger charge is 2.24. The van der Waals surface area contributed by atoms with Gasteiger partial charge in [-0.15, -0.1) is 0 Å². The van der Waals surface area contributed by atoms with Crippen molar-refractivity contribution < 1.29 is 13.9 Å². The molecule has 2 aromatic rings. The smallest absolute Gasteiger partial charge is 0.246 e. The molecule has 0 N–H and O–H groups in total. The number of aromatic nitrogens is 2. The van der Waals surface area contributed by atoms with E-state index >= 15 is 0 Å². The SMILES string of the molecule is Cc1nccc(OC2CCCN(C(=O)/C=C/c3ccco3)C2)n1. The third-order valence-electron chi connectivity index (χ3n) is 3.66. The summed E-state index contributed by atoms with van der Waals surface area (Å²) in [5, 5.41) is 0. The van der Waals surface area contributed by atoms with E-state index in [2.05, 4.69) is 9.97 Å². The van der Waals surface area contributed by atoms with Crippen LogP contribution in [0.15, 0.2) is 41.2 Å². The summed E-state index contributed by atoms with van der Waals surface area (Å²) in [7, 11) is 0. The van der Waals surface area contributed by atoms with Crippen LogP contribution in [0.25, 0.3) is 6.08 Å². The third-order valence-corrected chi connectivity index (χ3v) is 3.66. The van der Waals surface area contributed by atoms with E-state index in [-0.39, 0.29) is 12.0 Å². The Hall–Kier alpha value is -2.63. The minimum Gasteiger partial charge on any atom is -0.472 e. The fourth-order valence-electron chi connectivity index (χ4n) is 2.55. The number of carbonyl (C=O) groups excluding carboxylic acids is 1. The zero-order valence-electron chi connectivity index (χ0n) is 13.0. The molecule has 0 spiro atoms. The minimum absolute atomic E-state index is 0.0337. The molecule has 120 valence electrons. The van der Waals surface area contributed by atoms with Crippen molar-refractivity contribution in [2.24, 2.45) is 0 Å². The first-order chi connectivity index (χ1) is 11.2. The molecule has 0 aromatic carbocycles. The molecule has 0 radical (unpaired) electrons. The van der Waals surface area contributed by atoms with E-state index in [1.54, 1.807) is 35.6 Å². The monoisotopic (exact) mass is 313 g/mol. The summed E-state index contributed by atoms with van der Waals surface area (Å²) in [5.74, 6) is 1.86. The maximum Gasteiger partial charge on any atom is 0.246 e. The summed E-state index contributed by atoms with van der Waals surface area (Å²) in [5.41, 5.74) is 0. The van der Waals surface area contributed by atoms with Gasteiger partial charge >= 0.3 is 0 Å². The first-order valence-corrected chi connectivity index (χ1v) is 7.67. The summed E-state index contributed by atoms with van der Waals surface area (Å²) < 4.78 is 11.1. The van der Waals surface area contributed by atoms with Gasteiger partial charge in [-0.25, -0.2) is 4.98 Å². The van der Waals surface area contributed by atoms with Crippen molar-refractivity contribution in [1.29, 1.82) is 0 Å².